The summed E-state index contributed by atoms with van der Waals surface area (Å²) < 4.78 is 165. The van der Waals surface area contributed by atoms with Crippen LogP contribution in [-0.2, 0) is 68.6 Å². The number of halogens is 4. The summed E-state index contributed by atoms with van der Waals surface area (Å²) >= 11 is 0. The topological polar surface area (TPSA) is 212 Å². The van der Waals surface area contributed by atoms with E-state index in [9.17, 15) is 42.8 Å². The molecule has 6 aliphatic rings. The highest BCUT2D eigenvalue weighted by Crippen LogP contribution is 2.43. The molecule has 3 saturated carbocycles. The van der Waals surface area contributed by atoms with Gasteiger partial charge in [-0.15, -0.1) is 0 Å². The lowest BCUT2D eigenvalue weighted by Crippen LogP contribution is -2.42. The number of hydrogen-bond donors (Lipinski definition) is 6. The summed E-state index contributed by atoms with van der Waals surface area (Å²) in [6, 6.07) is 59.9. The second kappa shape index (κ2) is 42.7. The van der Waals surface area contributed by atoms with Gasteiger partial charge in [0.05, 0.1) is 43.1 Å². The molecule has 0 radical (unpaired) electrons. The number of nitrogens with one attached hydrogen (secondary N) is 6. The van der Waals surface area contributed by atoms with Crippen LogP contribution in [0.4, 0.5) is 17.6 Å². The molecule has 121 heavy (non-hydrogen) atoms. The molecule has 0 bridgehead atoms. The van der Waals surface area contributed by atoms with Crippen molar-refractivity contribution in [3.8, 4) is 23.0 Å². The third kappa shape index (κ3) is 23.9. The van der Waals surface area contributed by atoms with Gasteiger partial charge in [0.1, 0.15) is 46.3 Å². The monoisotopic (exact) mass is 1710 g/mol. The van der Waals surface area contributed by atoms with Gasteiger partial charge in [0.15, 0.2) is 0 Å². The van der Waals surface area contributed by atoms with Crippen LogP contribution in [0.1, 0.15) is 170 Å². The van der Waals surface area contributed by atoms with Gasteiger partial charge < -0.3 is 34.9 Å². The fourth-order valence-electron chi connectivity index (χ4n) is 19.4. The van der Waals surface area contributed by atoms with Gasteiger partial charge in [0, 0.05) is 66.6 Å². The van der Waals surface area contributed by atoms with E-state index >= 15 is 0 Å². The first-order chi connectivity index (χ1) is 58.5. The number of para-hydroxylation sites is 1. The van der Waals surface area contributed by atoms with Gasteiger partial charge in [-0.05, 0) is 338 Å². The lowest BCUT2D eigenvalue weighted by molar-refractivity contribution is 0.252. The molecule has 23 heteroatoms. The van der Waals surface area contributed by atoms with E-state index in [0.29, 0.717) is 94.6 Å². The second-order valence-corrected chi connectivity index (χ2v) is 39.4. The van der Waals surface area contributed by atoms with E-state index in [2.05, 4.69) is 66.5 Å². The van der Waals surface area contributed by atoms with E-state index in [4.69, 9.17) is 18.9 Å². The smallest absolute Gasteiger partial charge is 0.240 e. The molecule has 3 fully saturated rings. The van der Waals surface area contributed by atoms with E-state index in [1.165, 1.54) is 64.2 Å². The number of rotatable bonds is 31. The molecule has 0 saturated heterocycles. The van der Waals surface area contributed by atoms with Crippen LogP contribution in [0.15, 0.2) is 215 Å². The molecule has 6 unspecified atom stereocenters. The van der Waals surface area contributed by atoms with Crippen LogP contribution in [-0.4, -0.2) is 111 Å². The first-order valence-electron chi connectivity index (χ1n) is 43.4. The van der Waals surface area contributed by atoms with E-state index in [-0.39, 0.29) is 35.0 Å². The third-order valence-electron chi connectivity index (χ3n) is 26.6. The number of hydrogen-bond acceptors (Lipinski definition) is 13. The lowest BCUT2D eigenvalue weighted by atomic mass is 9.75. The van der Waals surface area contributed by atoms with Gasteiger partial charge in [0.25, 0.3) is 0 Å². The normalized spacial score (nSPS) is 22.9. The zero-order chi connectivity index (χ0) is 85.1. The minimum atomic E-state index is -3.52. The Hall–Kier alpha value is -8.49. The first-order valence-corrected chi connectivity index (χ1v) is 47.8. The van der Waals surface area contributed by atoms with Crippen molar-refractivity contribution in [2.75, 3.05) is 67.7 Å². The Kier molecular flexibility index (Phi) is 31.9. The van der Waals surface area contributed by atoms with Gasteiger partial charge in [-0.25, -0.2) is 57.0 Å². The summed E-state index contributed by atoms with van der Waals surface area (Å²) in [4.78, 5) is 0.975. The fraction of sp³-hybridized carbons (Fsp3) is 0.449. The molecule has 15 rings (SSSR count). The minimum absolute atomic E-state index is 0.0511. The van der Waals surface area contributed by atoms with E-state index in [1.807, 2.05) is 67.6 Å². The summed E-state index contributed by atoms with van der Waals surface area (Å²) in [5, 5.41) is 11.5. The Morgan fingerprint density at radius 1 is 0.322 bits per heavy atom. The summed E-state index contributed by atoms with van der Waals surface area (Å²) in [5.41, 5.74) is 9.67. The highest BCUT2D eigenvalue weighted by Gasteiger charge is 2.37. The largest absolute Gasteiger partial charge is 0.497 e. The van der Waals surface area contributed by atoms with Gasteiger partial charge in [-0.2, -0.15) is 0 Å². The molecular weight excluding hydrogens is 1590 g/mol. The van der Waals surface area contributed by atoms with Crippen molar-refractivity contribution in [2.24, 2.45) is 35.5 Å². The molecule has 9 aromatic rings. The predicted molar refractivity (Wildman–Crippen MR) is 470 cm³/mol. The average Bonchev–Trinajstić information content (AvgIpc) is 0.792. The second-order valence-electron chi connectivity index (χ2n) is 34.1. The number of methoxy groups -OCH3 is 4. The van der Waals surface area contributed by atoms with Crippen molar-refractivity contribution in [1.82, 2.24) is 30.1 Å². The molecule has 6 aliphatic carbocycles. The maximum absolute atomic E-state index is 14.7. The zero-order valence-electron chi connectivity index (χ0n) is 70.4. The van der Waals surface area contributed by atoms with Crippen LogP contribution in [0, 0.1) is 65.7 Å². The summed E-state index contributed by atoms with van der Waals surface area (Å²) in [6.07, 6.45) is 19.6. The number of sulfonamides is 3. The molecule has 0 aliphatic heterocycles. The highest BCUT2D eigenvalue weighted by atomic mass is 32.2. The van der Waals surface area contributed by atoms with Crippen LogP contribution in [0.5, 0.6) is 23.0 Å². The lowest BCUT2D eigenvalue weighted by Gasteiger charge is -2.37. The molecule has 0 spiro atoms. The van der Waals surface area contributed by atoms with Crippen LogP contribution in [0.2, 0.25) is 0 Å². The Balaban J connectivity index is 0.000000157. The number of ether oxygens (including phenoxy) is 4. The van der Waals surface area contributed by atoms with Crippen LogP contribution >= 0.6 is 0 Å². The van der Waals surface area contributed by atoms with E-state index in [0.717, 1.165) is 181 Å². The first kappa shape index (κ1) is 90.2. The maximum Gasteiger partial charge on any atom is 0.240 e. The third-order valence-corrected chi connectivity index (χ3v) is 31.0. The molecule has 6 atom stereocenters. The number of fused-ring (bicyclic) bond motifs is 3. The number of benzene rings is 9. The Bertz CT molecular complexity index is 5190. The van der Waals surface area contributed by atoms with Crippen molar-refractivity contribution in [3.63, 3.8) is 0 Å². The summed E-state index contributed by atoms with van der Waals surface area (Å²) in [7, 11) is -3.68. The summed E-state index contributed by atoms with van der Waals surface area (Å²) in [5.74, 6) is 4.34. The summed E-state index contributed by atoms with van der Waals surface area (Å²) in [6.45, 7) is 5.92. The number of aryl methyl sites for hydroxylation is 4. The van der Waals surface area contributed by atoms with E-state index < -0.39 is 53.3 Å². The predicted octanol–water partition coefficient (Wildman–Crippen LogP) is 18.0. The van der Waals surface area contributed by atoms with Gasteiger partial charge in [0.2, 0.25) is 30.1 Å². The Labute approximate surface area is 715 Å². The fourth-order valence-corrected chi connectivity index (χ4v) is 23.0. The van der Waals surface area contributed by atoms with Gasteiger partial charge in [-0.3, -0.25) is 0 Å². The van der Waals surface area contributed by atoms with Crippen LogP contribution < -0.4 is 49.1 Å². The van der Waals surface area contributed by atoms with Gasteiger partial charge >= 0.3 is 0 Å². The Morgan fingerprint density at radius 3 is 0.983 bits per heavy atom. The maximum atomic E-state index is 14.7. The molecule has 6 N–H and O–H groups in total. The molecular formula is C98H120F4N6O10S3. The molecule has 0 aromatic heterocycles. The molecule has 16 nitrogen and oxygen atoms in total. The molecule has 0 heterocycles. The standard InChI is InChI=1S/C33H40F2N2O3S.C33H42N2O4S.C32H38F2N2O3S/c1-22-6-3-4-9-33(22)41(38,39)37-21-24-12-10-23(11-13-24)20-36-32-17-14-25-18-26(40-2)15-16-27(25)28(32)19-29-30(34)7-5-8-31(29)35;1-38-28-17-18-30-26(20-28)16-19-32(31(30)21-27-8-6-7-11-33(27)39-2)34-22-24-12-14-25(15-13-24)23-35-40(36,37)29-9-4-3-5-10-29;1-39-25-15-16-27-24(18-25)14-17-32(28(27)19-29-30(33)8-5-9-31(29)34)35-20-22-10-12-23(13-11-22)21-36-40(37,38)26-6-3-2-4-7-26/h3-9,15-16,18,23-24,28,32,36-37H,10-14,17,19-21H2,1-2H3;3-11,17-18,20,24-25,31-32,34-35H,12-16,19,21-23H2,1-2H3;2-9,15-16,18,22-23,28,32,35-36H,10-14,17,19-21H2,1H3. The quantitative estimate of drug-likeness (QED) is 0.0224. The van der Waals surface area contributed by atoms with Crippen LogP contribution in [0.3, 0.4) is 0 Å². The van der Waals surface area contributed by atoms with Crippen LogP contribution in [0.25, 0.3) is 0 Å². The minimum Gasteiger partial charge on any atom is -0.497 e. The molecule has 648 valence electrons. The average molecular weight is 1710 g/mol. The Morgan fingerprint density at radius 2 is 0.636 bits per heavy atom. The zero-order valence-corrected chi connectivity index (χ0v) is 72.8. The van der Waals surface area contributed by atoms with Crippen molar-refractivity contribution >= 4 is 30.1 Å². The highest BCUT2D eigenvalue weighted by molar-refractivity contribution is 7.90. The van der Waals surface area contributed by atoms with Crippen molar-refractivity contribution in [2.45, 2.75) is 192 Å². The van der Waals surface area contributed by atoms with Crippen molar-refractivity contribution < 1.29 is 61.8 Å². The van der Waals surface area contributed by atoms with Crippen molar-refractivity contribution in [1.29, 1.82) is 0 Å². The van der Waals surface area contributed by atoms with Gasteiger partial charge in [-0.1, -0.05) is 103 Å². The molecule has 9 aromatic carbocycles. The SMILES string of the molecule is COc1ccc2c(c1)CCC(NCC1CCC(CNS(=O)(=O)c3ccccc3)CC1)C2Cc1c(F)cccc1F.COc1ccc2c(c1)CCC(NCC1CCC(CNS(=O)(=O)c3ccccc3)CC1)C2Cc1ccccc1OC.COc1ccc2c(c1)CCC(NCC1CCC(CNS(=O)(=O)c3ccccc3C)CC1)C2Cc1c(F)cccc1F. The van der Waals surface area contributed by atoms with Crippen molar-refractivity contribution in [3.05, 3.63) is 279 Å². The van der Waals surface area contributed by atoms with E-state index in [1.54, 1.807) is 95.2 Å². The molecule has 0 amide bonds.